The molecule has 0 aromatic carbocycles. The van der Waals surface area contributed by atoms with Crippen LogP contribution in [0.15, 0.2) is 12.7 Å². The molecule has 0 bridgehead atoms. The molecule has 112 valence electrons. The van der Waals surface area contributed by atoms with Crippen molar-refractivity contribution in [3.8, 4) is 0 Å². The third-order valence-corrected chi connectivity index (χ3v) is 2.05. The van der Waals surface area contributed by atoms with Crippen LogP contribution in [0.25, 0.3) is 0 Å². The van der Waals surface area contributed by atoms with E-state index in [4.69, 9.17) is 23.7 Å². The lowest BCUT2D eigenvalue weighted by Gasteiger charge is -2.13. The van der Waals surface area contributed by atoms with Gasteiger partial charge in [-0.3, -0.25) is 0 Å². The molecule has 0 fully saturated rings. The van der Waals surface area contributed by atoms with E-state index < -0.39 is 5.97 Å². The highest BCUT2D eigenvalue weighted by atomic mass is 16.6. The Kier molecular flexibility index (Phi) is 12.8. The fraction of sp³-hybridized carbons (Fsp3) is 0.769. The second kappa shape index (κ2) is 13.5. The Labute approximate surface area is 114 Å². The van der Waals surface area contributed by atoms with E-state index in [0.717, 1.165) is 6.08 Å². The lowest BCUT2D eigenvalue weighted by molar-refractivity contribution is -0.139. The zero-order chi connectivity index (χ0) is 14.3. The van der Waals surface area contributed by atoms with Crippen LogP contribution in [0.5, 0.6) is 0 Å². The van der Waals surface area contributed by atoms with Crippen molar-refractivity contribution in [2.45, 2.75) is 13.0 Å². The van der Waals surface area contributed by atoms with Gasteiger partial charge in [0.25, 0.3) is 0 Å². The van der Waals surface area contributed by atoms with Crippen molar-refractivity contribution in [3.63, 3.8) is 0 Å². The van der Waals surface area contributed by atoms with Crippen molar-refractivity contribution < 1.29 is 28.5 Å². The summed E-state index contributed by atoms with van der Waals surface area (Å²) < 4.78 is 25.6. The summed E-state index contributed by atoms with van der Waals surface area (Å²) in [4.78, 5) is 10.7. The summed E-state index contributed by atoms with van der Waals surface area (Å²) >= 11 is 0. The highest BCUT2D eigenvalue weighted by molar-refractivity contribution is 5.81. The van der Waals surface area contributed by atoms with Crippen molar-refractivity contribution in [2.75, 3.05) is 53.4 Å². The van der Waals surface area contributed by atoms with Crippen molar-refractivity contribution in [2.24, 2.45) is 0 Å². The average Bonchev–Trinajstić information content (AvgIpc) is 2.42. The van der Waals surface area contributed by atoms with Gasteiger partial charge in [0.2, 0.25) is 0 Å². The van der Waals surface area contributed by atoms with Gasteiger partial charge in [-0.2, -0.15) is 0 Å². The third-order valence-electron chi connectivity index (χ3n) is 2.05. The zero-order valence-corrected chi connectivity index (χ0v) is 11.8. The Balaban J connectivity index is 3.20. The van der Waals surface area contributed by atoms with E-state index in [0.29, 0.717) is 39.6 Å². The maximum Gasteiger partial charge on any atom is 0.330 e. The van der Waals surface area contributed by atoms with Crippen LogP contribution in [-0.2, 0) is 28.5 Å². The van der Waals surface area contributed by atoms with Gasteiger partial charge in [0, 0.05) is 13.2 Å². The summed E-state index contributed by atoms with van der Waals surface area (Å²) in [6.45, 7) is 8.39. The molecule has 19 heavy (non-hydrogen) atoms. The van der Waals surface area contributed by atoms with Crippen LogP contribution in [0, 0.1) is 0 Å². The molecule has 0 spiro atoms. The fourth-order valence-corrected chi connectivity index (χ4v) is 1.11. The molecule has 0 radical (unpaired) electrons. The molecule has 6 heteroatoms. The zero-order valence-electron chi connectivity index (χ0n) is 11.8. The molecule has 0 aromatic rings. The van der Waals surface area contributed by atoms with Gasteiger partial charge >= 0.3 is 5.97 Å². The molecule has 0 aliphatic rings. The lowest BCUT2D eigenvalue weighted by Crippen LogP contribution is -2.20. The smallest absolute Gasteiger partial charge is 0.330 e. The molecule has 0 N–H and O–H groups in total. The Morgan fingerprint density at radius 1 is 1.11 bits per heavy atom. The second-order valence-electron chi connectivity index (χ2n) is 3.73. The molecule has 1 atom stereocenters. The van der Waals surface area contributed by atoms with E-state index in [1.165, 1.54) is 0 Å². The minimum Gasteiger partial charge on any atom is -0.460 e. The third kappa shape index (κ3) is 13.3. The minimum atomic E-state index is -0.443. The molecule has 0 saturated heterocycles. The largest absolute Gasteiger partial charge is 0.460 e. The van der Waals surface area contributed by atoms with Crippen molar-refractivity contribution in [1.29, 1.82) is 0 Å². The molecule has 0 aliphatic heterocycles. The van der Waals surface area contributed by atoms with Gasteiger partial charge in [0.1, 0.15) is 6.61 Å². The number of methoxy groups -OCH3 is 1. The Hall–Kier alpha value is -0.950. The van der Waals surface area contributed by atoms with Crippen molar-refractivity contribution in [3.05, 3.63) is 12.7 Å². The number of hydrogen-bond acceptors (Lipinski definition) is 6. The molecule has 0 aliphatic carbocycles. The Morgan fingerprint density at radius 2 is 1.79 bits per heavy atom. The molecular formula is C13H24O6. The number of carbonyl (C=O) groups excluding carboxylic acids is 1. The predicted molar refractivity (Wildman–Crippen MR) is 70.1 cm³/mol. The minimum absolute atomic E-state index is 0.0130. The summed E-state index contributed by atoms with van der Waals surface area (Å²) in [6.07, 6.45) is 1.13. The first-order valence-electron chi connectivity index (χ1n) is 6.26. The highest BCUT2D eigenvalue weighted by Crippen LogP contribution is 1.92. The SMILES string of the molecule is C=CC(=O)OCCOCCOC(C)COCCOC. The maximum atomic E-state index is 10.7. The van der Waals surface area contributed by atoms with E-state index >= 15 is 0 Å². The summed E-state index contributed by atoms with van der Waals surface area (Å²) in [7, 11) is 1.63. The molecule has 0 rings (SSSR count). The Bertz CT molecular complexity index is 231. The highest BCUT2D eigenvalue weighted by Gasteiger charge is 2.02. The van der Waals surface area contributed by atoms with Gasteiger partial charge in [-0.05, 0) is 6.92 Å². The quantitative estimate of drug-likeness (QED) is 0.282. The molecule has 0 amide bonds. The fourth-order valence-electron chi connectivity index (χ4n) is 1.11. The predicted octanol–water partition coefficient (Wildman–Crippen LogP) is 0.800. The number of esters is 1. The summed E-state index contributed by atoms with van der Waals surface area (Å²) in [5, 5.41) is 0. The topological polar surface area (TPSA) is 63.2 Å². The standard InChI is InChI=1S/C13H24O6/c1-4-13(14)19-10-8-16-7-9-18-12(2)11-17-6-5-15-3/h4,12H,1,5-11H2,2-3H3. The maximum absolute atomic E-state index is 10.7. The Morgan fingerprint density at radius 3 is 2.47 bits per heavy atom. The van der Waals surface area contributed by atoms with Gasteiger partial charge in [0.15, 0.2) is 0 Å². The first-order chi connectivity index (χ1) is 9.20. The van der Waals surface area contributed by atoms with Crippen LogP contribution in [0.4, 0.5) is 0 Å². The van der Waals surface area contributed by atoms with E-state index in [9.17, 15) is 4.79 Å². The monoisotopic (exact) mass is 276 g/mol. The van der Waals surface area contributed by atoms with Crippen molar-refractivity contribution in [1.82, 2.24) is 0 Å². The normalized spacial score (nSPS) is 12.1. The van der Waals surface area contributed by atoms with E-state index in [1.807, 2.05) is 6.92 Å². The first-order valence-corrected chi connectivity index (χ1v) is 6.26. The van der Waals surface area contributed by atoms with Gasteiger partial charge in [-0.25, -0.2) is 4.79 Å². The van der Waals surface area contributed by atoms with Crippen LogP contribution < -0.4 is 0 Å². The number of carbonyl (C=O) groups is 1. The molecule has 0 saturated carbocycles. The van der Waals surface area contributed by atoms with Crippen LogP contribution in [-0.4, -0.2) is 65.4 Å². The molecular weight excluding hydrogens is 252 g/mol. The van der Waals surface area contributed by atoms with E-state index in [-0.39, 0.29) is 12.7 Å². The summed E-state index contributed by atoms with van der Waals surface area (Å²) in [5.41, 5.74) is 0. The van der Waals surface area contributed by atoms with E-state index in [2.05, 4.69) is 6.58 Å². The van der Waals surface area contributed by atoms with Crippen molar-refractivity contribution >= 4 is 5.97 Å². The van der Waals surface area contributed by atoms with Crippen LogP contribution in [0.2, 0.25) is 0 Å². The molecule has 0 heterocycles. The summed E-state index contributed by atoms with van der Waals surface area (Å²) in [5.74, 6) is -0.443. The van der Waals surface area contributed by atoms with Crippen LogP contribution in [0.1, 0.15) is 6.92 Å². The summed E-state index contributed by atoms with van der Waals surface area (Å²) in [6, 6.07) is 0. The average molecular weight is 276 g/mol. The van der Waals surface area contributed by atoms with Crippen LogP contribution in [0.3, 0.4) is 0 Å². The van der Waals surface area contributed by atoms with E-state index in [1.54, 1.807) is 7.11 Å². The van der Waals surface area contributed by atoms with Crippen LogP contribution >= 0.6 is 0 Å². The molecule has 0 aromatic heterocycles. The molecule has 1 unspecified atom stereocenters. The second-order valence-corrected chi connectivity index (χ2v) is 3.73. The lowest BCUT2D eigenvalue weighted by atomic mass is 10.4. The number of rotatable bonds is 13. The molecule has 6 nitrogen and oxygen atoms in total. The van der Waals surface area contributed by atoms with Gasteiger partial charge in [0.05, 0.1) is 45.7 Å². The first kappa shape index (κ1) is 18.0. The van der Waals surface area contributed by atoms with Gasteiger partial charge in [-0.1, -0.05) is 6.58 Å². The van der Waals surface area contributed by atoms with Gasteiger partial charge in [-0.15, -0.1) is 0 Å². The number of ether oxygens (including phenoxy) is 5. The van der Waals surface area contributed by atoms with Gasteiger partial charge < -0.3 is 23.7 Å². The number of hydrogen-bond donors (Lipinski definition) is 0.